The Balaban J connectivity index is 1.68. The monoisotopic (exact) mass is 416 g/mol. The molecule has 3 aromatic rings. The number of aromatic nitrogens is 1. The van der Waals surface area contributed by atoms with Crippen LogP contribution in [0.15, 0.2) is 57.4 Å². The average Bonchev–Trinajstić information content (AvgIpc) is 3.03. The molecule has 0 unspecified atom stereocenters. The first-order chi connectivity index (χ1) is 12.5. The number of ether oxygens (including phenoxy) is 1. The molecule has 3 rings (SSSR count). The van der Waals surface area contributed by atoms with E-state index < -0.39 is 0 Å². The number of oxazole rings is 1. The fourth-order valence-electron chi connectivity index (χ4n) is 2.67. The van der Waals surface area contributed by atoms with Gasteiger partial charge in [0, 0.05) is 4.47 Å². The van der Waals surface area contributed by atoms with Crippen LogP contribution in [0.1, 0.15) is 32.2 Å². The molecule has 6 heteroatoms. The lowest BCUT2D eigenvalue weighted by atomic mass is 10.0. The molecule has 0 bridgehead atoms. The van der Waals surface area contributed by atoms with Gasteiger partial charge in [0.25, 0.3) is 5.91 Å². The van der Waals surface area contributed by atoms with E-state index in [0.29, 0.717) is 17.6 Å². The van der Waals surface area contributed by atoms with Gasteiger partial charge in [-0.3, -0.25) is 4.79 Å². The van der Waals surface area contributed by atoms with Gasteiger partial charge in [-0.25, -0.2) is 4.98 Å². The van der Waals surface area contributed by atoms with Crippen molar-refractivity contribution in [2.75, 3.05) is 6.61 Å². The van der Waals surface area contributed by atoms with Gasteiger partial charge in [-0.15, -0.1) is 0 Å². The van der Waals surface area contributed by atoms with E-state index >= 15 is 0 Å². The number of nitrogens with zero attached hydrogens (tertiary/aromatic N) is 1. The molecule has 0 aliphatic rings. The minimum Gasteiger partial charge on any atom is -0.484 e. The van der Waals surface area contributed by atoms with Crippen molar-refractivity contribution in [2.45, 2.75) is 26.3 Å². The molecule has 5 nitrogen and oxygen atoms in total. The van der Waals surface area contributed by atoms with Crippen LogP contribution in [0.2, 0.25) is 0 Å². The summed E-state index contributed by atoms with van der Waals surface area (Å²) in [6, 6.07) is 14.7. The number of hydrogen-bond acceptors (Lipinski definition) is 4. The van der Waals surface area contributed by atoms with Gasteiger partial charge >= 0.3 is 0 Å². The molecule has 0 saturated carbocycles. The van der Waals surface area contributed by atoms with E-state index in [1.165, 1.54) is 0 Å². The number of halogens is 1. The van der Waals surface area contributed by atoms with E-state index in [1.54, 1.807) is 0 Å². The van der Waals surface area contributed by atoms with Crippen LogP contribution in [-0.4, -0.2) is 17.5 Å². The van der Waals surface area contributed by atoms with Crippen molar-refractivity contribution < 1.29 is 13.9 Å². The van der Waals surface area contributed by atoms with Crippen molar-refractivity contribution in [1.82, 2.24) is 10.3 Å². The number of nitrogens with one attached hydrogen (secondary N) is 1. The number of hydrogen-bond donors (Lipinski definition) is 1. The highest BCUT2D eigenvalue weighted by Gasteiger charge is 2.22. The Bertz CT molecular complexity index is 858. The van der Waals surface area contributed by atoms with Gasteiger partial charge in [-0.1, -0.05) is 48.0 Å². The van der Waals surface area contributed by atoms with Crippen LogP contribution in [0.5, 0.6) is 5.75 Å². The van der Waals surface area contributed by atoms with E-state index in [1.807, 2.05) is 48.5 Å². The fourth-order valence-corrected chi connectivity index (χ4v) is 3.05. The second-order valence-corrected chi connectivity index (χ2v) is 7.43. The lowest BCUT2D eigenvalue weighted by Crippen LogP contribution is -2.33. The number of rotatable bonds is 7. The third kappa shape index (κ3) is 4.85. The molecule has 0 spiro atoms. The molecule has 1 heterocycles. The molecular formula is C20H21BrN2O3. The molecule has 2 aromatic carbocycles. The summed E-state index contributed by atoms with van der Waals surface area (Å²) in [5, 5.41) is 2.98. The van der Waals surface area contributed by atoms with Gasteiger partial charge in [0.05, 0.1) is 0 Å². The van der Waals surface area contributed by atoms with Crippen LogP contribution in [-0.2, 0) is 4.79 Å². The Hall–Kier alpha value is -2.34. The highest BCUT2D eigenvalue weighted by Crippen LogP contribution is 2.25. The summed E-state index contributed by atoms with van der Waals surface area (Å²) >= 11 is 3.38. The Morgan fingerprint density at radius 2 is 2.04 bits per heavy atom. The summed E-state index contributed by atoms with van der Waals surface area (Å²) in [5.74, 6) is 1.33. The molecule has 1 aromatic heterocycles. The van der Waals surface area contributed by atoms with Crippen LogP contribution in [0.3, 0.4) is 0 Å². The van der Waals surface area contributed by atoms with Gasteiger partial charge in [-0.05, 0) is 42.7 Å². The molecule has 0 fully saturated rings. The molecule has 1 N–H and O–H groups in total. The predicted octanol–water partition coefficient (Wildman–Crippen LogP) is 4.87. The zero-order valence-corrected chi connectivity index (χ0v) is 16.3. The average molecular weight is 417 g/mol. The number of carbonyl (C=O) groups is 1. The number of fused-ring (bicyclic) bond motifs is 1. The number of benzene rings is 2. The van der Waals surface area contributed by atoms with Crippen molar-refractivity contribution in [3.8, 4) is 5.75 Å². The van der Waals surface area contributed by atoms with Gasteiger partial charge in [0.1, 0.15) is 17.3 Å². The highest BCUT2D eigenvalue weighted by atomic mass is 79.9. The first kappa shape index (κ1) is 18.5. The first-order valence-corrected chi connectivity index (χ1v) is 9.34. The maximum absolute atomic E-state index is 12.4. The second-order valence-electron chi connectivity index (χ2n) is 6.52. The predicted molar refractivity (Wildman–Crippen MR) is 104 cm³/mol. The molecule has 0 saturated heterocycles. The SMILES string of the molecule is CC(C)C[C@@H](NC(=O)COc1cccc(Br)c1)c1nc2ccccc2o1. The van der Waals surface area contributed by atoms with E-state index in [0.717, 1.165) is 22.0 Å². The lowest BCUT2D eigenvalue weighted by molar-refractivity contribution is -0.124. The minimum absolute atomic E-state index is 0.0642. The topological polar surface area (TPSA) is 64.4 Å². The normalized spacial score (nSPS) is 12.3. The molecule has 0 aliphatic heterocycles. The van der Waals surface area contributed by atoms with Crippen LogP contribution < -0.4 is 10.1 Å². The standard InChI is InChI=1S/C20H21BrN2O3/c1-13(2)10-17(20-23-16-8-3-4-9-18(16)26-20)22-19(24)12-25-15-7-5-6-14(21)11-15/h3-9,11,13,17H,10,12H2,1-2H3,(H,22,24)/t17-/m1/s1. The van der Waals surface area contributed by atoms with Crippen LogP contribution in [0, 0.1) is 5.92 Å². The summed E-state index contributed by atoms with van der Waals surface area (Å²) in [6.45, 7) is 4.13. The van der Waals surface area contributed by atoms with Gasteiger partial charge in [-0.2, -0.15) is 0 Å². The summed E-state index contributed by atoms with van der Waals surface area (Å²) in [4.78, 5) is 16.9. The van der Waals surface area contributed by atoms with Crippen LogP contribution in [0.25, 0.3) is 11.1 Å². The van der Waals surface area contributed by atoms with Gasteiger partial charge < -0.3 is 14.5 Å². The van der Waals surface area contributed by atoms with Crippen molar-refractivity contribution in [2.24, 2.45) is 5.92 Å². The van der Waals surface area contributed by atoms with Crippen molar-refractivity contribution in [3.63, 3.8) is 0 Å². The van der Waals surface area contributed by atoms with Crippen LogP contribution >= 0.6 is 15.9 Å². The highest BCUT2D eigenvalue weighted by molar-refractivity contribution is 9.10. The molecule has 26 heavy (non-hydrogen) atoms. The maximum atomic E-state index is 12.4. The molecule has 0 radical (unpaired) electrons. The third-order valence-corrected chi connectivity index (χ3v) is 4.31. The summed E-state index contributed by atoms with van der Waals surface area (Å²) in [5.41, 5.74) is 1.51. The van der Waals surface area contributed by atoms with E-state index in [2.05, 4.69) is 40.1 Å². The Kier molecular flexibility index (Phi) is 5.93. The number of para-hydroxylation sites is 2. The smallest absolute Gasteiger partial charge is 0.258 e. The maximum Gasteiger partial charge on any atom is 0.258 e. The summed E-state index contributed by atoms with van der Waals surface area (Å²) in [6.07, 6.45) is 0.732. The second kappa shape index (κ2) is 8.36. The van der Waals surface area contributed by atoms with E-state index in [9.17, 15) is 4.79 Å². The van der Waals surface area contributed by atoms with Crippen LogP contribution in [0.4, 0.5) is 0 Å². The molecule has 1 atom stereocenters. The van der Waals surface area contributed by atoms with Gasteiger partial charge in [0.2, 0.25) is 5.89 Å². The molecular weight excluding hydrogens is 396 g/mol. The Labute approximate surface area is 160 Å². The molecule has 1 amide bonds. The van der Waals surface area contributed by atoms with E-state index in [-0.39, 0.29) is 18.6 Å². The largest absolute Gasteiger partial charge is 0.484 e. The Morgan fingerprint density at radius 1 is 1.23 bits per heavy atom. The number of amides is 1. The zero-order valence-electron chi connectivity index (χ0n) is 14.7. The summed E-state index contributed by atoms with van der Waals surface area (Å²) < 4.78 is 12.3. The quantitative estimate of drug-likeness (QED) is 0.596. The first-order valence-electron chi connectivity index (χ1n) is 8.54. The minimum atomic E-state index is -0.291. The van der Waals surface area contributed by atoms with Crippen molar-refractivity contribution in [3.05, 3.63) is 58.9 Å². The van der Waals surface area contributed by atoms with Crippen molar-refractivity contribution in [1.29, 1.82) is 0 Å². The van der Waals surface area contributed by atoms with Crippen molar-refractivity contribution >= 4 is 32.9 Å². The Morgan fingerprint density at radius 3 is 2.77 bits per heavy atom. The molecule has 136 valence electrons. The lowest BCUT2D eigenvalue weighted by Gasteiger charge is -2.17. The van der Waals surface area contributed by atoms with E-state index in [4.69, 9.17) is 9.15 Å². The third-order valence-electron chi connectivity index (χ3n) is 3.82. The number of carbonyl (C=O) groups excluding carboxylic acids is 1. The zero-order chi connectivity index (χ0) is 18.5. The fraction of sp³-hybridized carbons (Fsp3) is 0.300. The van der Waals surface area contributed by atoms with Gasteiger partial charge in [0.15, 0.2) is 12.2 Å². The summed E-state index contributed by atoms with van der Waals surface area (Å²) in [7, 11) is 0. The molecule has 0 aliphatic carbocycles.